The van der Waals surface area contributed by atoms with Crippen molar-refractivity contribution in [1.82, 2.24) is 14.8 Å². The zero-order valence-electron chi connectivity index (χ0n) is 18.3. The maximum Gasteiger partial charge on any atom is 0.338 e. The number of nitrogens with zero attached hydrogens (tertiary/aromatic N) is 4. The third-order valence-corrected chi connectivity index (χ3v) is 5.29. The number of amides is 1. The highest BCUT2D eigenvalue weighted by Gasteiger charge is 2.38. The molecule has 2 heterocycles. The highest BCUT2D eigenvalue weighted by molar-refractivity contribution is 5.96. The van der Waals surface area contributed by atoms with Crippen molar-refractivity contribution >= 4 is 23.5 Å². The minimum Gasteiger partial charge on any atom is -0.463 e. The van der Waals surface area contributed by atoms with Crippen LogP contribution in [0.1, 0.15) is 25.5 Å². The van der Waals surface area contributed by atoms with E-state index in [1.807, 2.05) is 0 Å². The average molecular weight is 471 g/mol. The summed E-state index contributed by atoms with van der Waals surface area (Å²) in [6, 6.07) is 7.49. The first-order chi connectivity index (χ1) is 16.3. The van der Waals surface area contributed by atoms with Gasteiger partial charge in [0.15, 0.2) is 0 Å². The Morgan fingerprint density at radius 2 is 1.79 bits per heavy atom. The van der Waals surface area contributed by atoms with Crippen LogP contribution >= 0.6 is 0 Å². The third kappa shape index (κ3) is 4.36. The average Bonchev–Trinajstić information content (AvgIpc) is 3.28. The Morgan fingerprint density at radius 1 is 1.09 bits per heavy atom. The summed E-state index contributed by atoms with van der Waals surface area (Å²) in [5.41, 5.74) is 0.765. The number of fused-ring (bicyclic) bond motifs is 1. The van der Waals surface area contributed by atoms with Crippen LogP contribution in [0.4, 0.5) is 24.8 Å². The van der Waals surface area contributed by atoms with Gasteiger partial charge in [0, 0.05) is 11.8 Å². The second kappa shape index (κ2) is 9.38. The molecule has 1 aliphatic rings. The number of anilines is 2. The van der Waals surface area contributed by atoms with E-state index >= 15 is 0 Å². The van der Waals surface area contributed by atoms with E-state index in [0.717, 1.165) is 18.2 Å². The highest BCUT2D eigenvalue weighted by atomic mass is 19.1. The quantitative estimate of drug-likeness (QED) is 0.553. The van der Waals surface area contributed by atoms with E-state index < -0.39 is 35.4 Å². The van der Waals surface area contributed by atoms with Gasteiger partial charge >= 0.3 is 5.97 Å². The van der Waals surface area contributed by atoms with Crippen molar-refractivity contribution in [2.45, 2.75) is 19.9 Å². The number of carbonyl (C=O) groups is 2. The number of hydrogen-bond acceptors (Lipinski definition) is 6. The van der Waals surface area contributed by atoms with Gasteiger partial charge in [-0.1, -0.05) is 12.1 Å². The van der Waals surface area contributed by atoms with Gasteiger partial charge in [0.1, 0.15) is 36.4 Å². The number of halogens is 3. The summed E-state index contributed by atoms with van der Waals surface area (Å²) in [7, 11) is 0. The van der Waals surface area contributed by atoms with Crippen LogP contribution in [0.3, 0.4) is 0 Å². The molecule has 0 bridgehead atoms. The monoisotopic (exact) mass is 471 g/mol. The molecule has 0 fully saturated rings. The second-order valence-corrected chi connectivity index (χ2v) is 7.44. The standard InChI is InChI=1S/C23H20F3N5O3/c1-3-34-22(33)20-13(2)30(11-19(32)29-18-10-16(25)8-9-17(18)26)23-27-12-28-31(23)21(20)14-4-6-15(24)7-5-14/h4-10,12,21H,3,11H2,1-2H3,(H,29,32). The van der Waals surface area contributed by atoms with Crippen molar-refractivity contribution < 1.29 is 27.5 Å². The molecule has 1 N–H and O–H groups in total. The zero-order chi connectivity index (χ0) is 24.4. The van der Waals surface area contributed by atoms with Gasteiger partial charge in [-0.25, -0.2) is 22.6 Å². The first kappa shape index (κ1) is 23.0. The van der Waals surface area contributed by atoms with E-state index in [1.54, 1.807) is 13.8 Å². The Balaban J connectivity index is 1.73. The minimum atomic E-state index is -0.799. The molecular weight excluding hydrogens is 451 g/mol. The maximum atomic E-state index is 14.0. The summed E-state index contributed by atoms with van der Waals surface area (Å²) in [5.74, 6) is -3.04. The lowest BCUT2D eigenvalue weighted by Gasteiger charge is -2.35. The fourth-order valence-electron chi connectivity index (χ4n) is 3.77. The molecular formula is C23H20F3N5O3. The maximum absolute atomic E-state index is 14.0. The molecule has 1 unspecified atom stereocenters. The number of allylic oxidation sites excluding steroid dienone is 1. The van der Waals surface area contributed by atoms with Crippen molar-refractivity contribution in [2.24, 2.45) is 0 Å². The molecule has 2 aromatic carbocycles. The molecule has 11 heteroatoms. The predicted octanol–water partition coefficient (Wildman–Crippen LogP) is 3.58. The molecule has 1 aromatic heterocycles. The molecule has 0 saturated carbocycles. The van der Waals surface area contributed by atoms with Gasteiger partial charge in [0.2, 0.25) is 11.9 Å². The Morgan fingerprint density at radius 3 is 2.50 bits per heavy atom. The molecule has 1 atom stereocenters. The summed E-state index contributed by atoms with van der Waals surface area (Å²) in [6.07, 6.45) is 1.25. The number of aromatic nitrogens is 3. The van der Waals surface area contributed by atoms with Gasteiger partial charge in [-0.3, -0.25) is 4.79 Å². The van der Waals surface area contributed by atoms with Crippen molar-refractivity contribution in [3.05, 3.63) is 83.1 Å². The van der Waals surface area contributed by atoms with Crippen LogP contribution in [-0.4, -0.2) is 39.8 Å². The Labute approximate surface area is 192 Å². The SMILES string of the molecule is CCOC(=O)C1=C(C)N(CC(=O)Nc2cc(F)ccc2F)c2ncnn2C1c1ccc(F)cc1. The number of esters is 1. The van der Waals surface area contributed by atoms with Crippen molar-refractivity contribution in [1.29, 1.82) is 0 Å². The number of rotatable bonds is 6. The lowest BCUT2D eigenvalue weighted by molar-refractivity contribution is -0.139. The fraction of sp³-hybridized carbons (Fsp3) is 0.217. The van der Waals surface area contributed by atoms with Crippen molar-refractivity contribution in [3.8, 4) is 0 Å². The predicted molar refractivity (Wildman–Crippen MR) is 116 cm³/mol. The van der Waals surface area contributed by atoms with Gasteiger partial charge < -0.3 is 15.0 Å². The van der Waals surface area contributed by atoms with Gasteiger partial charge in [0.05, 0.1) is 17.9 Å². The molecule has 0 aliphatic carbocycles. The number of hydrogen-bond donors (Lipinski definition) is 1. The van der Waals surface area contributed by atoms with E-state index in [-0.39, 0.29) is 30.4 Å². The molecule has 0 saturated heterocycles. The van der Waals surface area contributed by atoms with Crippen LogP contribution < -0.4 is 10.2 Å². The summed E-state index contributed by atoms with van der Waals surface area (Å²) in [5, 5.41) is 6.55. The largest absolute Gasteiger partial charge is 0.463 e. The molecule has 1 amide bonds. The molecule has 8 nitrogen and oxygen atoms in total. The van der Waals surface area contributed by atoms with Crippen LogP contribution in [-0.2, 0) is 14.3 Å². The first-order valence-electron chi connectivity index (χ1n) is 10.4. The van der Waals surface area contributed by atoms with E-state index in [1.165, 1.54) is 40.2 Å². The number of ether oxygens (including phenoxy) is 1. The Bertz CT molecular complexity index is 1270. The fourth-order valence-corrected chi connectivity index (χ4v) is 3.77. The highest BCUT2D eigenvalue weighted by Crippen LogP contribution is 2.38. The molecule has 3 aromatic rings. The van der Waals surface area contributed by atoms with Crippen LogP contribution in [0.25, 0.3) is 0 Å². The molecule has 34 heavy (non-hydrogen) atoms. The van der Waals surface area contributed by atoms with Gasteiger partial charge in [-0.15, -0.1) is 0 Å². The first-order valence-corrected chi connectivity index (χ1v) is 10.4. The minimum absolute atomic E-state index is 0.106. The topological polar surface area (TPSA) is 89.3 Å². The Kier molecular flexibility index (Phi) is 6.35. The van der Waals surface area contributed by atoms with Crippen LogP contribution in [0.2, 0.25) is 0 Å². The summed E-state index contributed by atoms with van der Waals surface area (Å²) < 4.78 is 47.7. The Hall–Kier alpha value is -4.15. The summed E-state index contributed by atoms with van der Waals surface area (Å²) in [4.78, 5) is 31.3. The van der Waals surface area contributed by atoms with E-state index in [9.17, 15) is 22.8 Å². The normalized spacial score (nSPS) is 15.2. The van der Waals surface area contributed by atoms with Gasteiger partial charge in [-0.2, -0.15) is 10.1 Å². The van der Waals surface area contributed by atoms with E-state index in [2.05, 4.69) is 15.4 Å². The van der Waals surface area contributed by atoms with Crippen LogP contribution in [0.5, 0.6) is 0 Å². The van der Waals surface area contributed by atoms with Gasteiger partial charge in [-0.05, 0) is 43.7 Å². The lowest BCUT2D eigenvalue weighted by Crippen LogP contribution is -2.41. The van der Waals surface area contributed by atoms with Crippen molar-refractivity contribution in [3.63, 3.8) is 0 Å². The lowest BCUT2D eigenvalue weighted by atomic mass is 9.95. The zero-order valence-corrected chi connectivity index (χ0v) is 18.3. The number of nitrogens with one attached hydrogen (secondary N) is 1. The van der Waals surface area contributed by atoms with Gasteiger partial charge in [0.25, 0.3) is 0 Å². The number of benzene rings is 2. The summed E-state index contributed by atoms with van der Waals surface area (Å²) >= 11 is 0. The van der Waals surface area contributed by atoms with E-state index in [4.69, 9.17) is 4.74 Å². The third-order valence-electron chi connectivity index (χ3n) is 5.29. The smallest absolute Gasteiger partial charge is 0.338 e. The molecule has 0 spiro atoms. The van der Waals surface area contributed by atoms with E-state index in [0.29, 0.717) is 11.3 Å². The second-order valence-electron chi connectivity index (χ2n) is 7.44. The van der Waals surface area contributed by atoms with Crippen LogP contribution in [0, 0.1) is 17.5 Å². The van der Waals surface area contributed by atoms with Crippen LogP contribution in [0.15, 0.2) is 60.1 Å². The molecule has 4 rings (SSSR count). The number of carbonyl (C=O) groups excluding carboxylic acids is 2. The molecule has 0 radical (unpaired) electrons. The summed E-state index contributed by atoms with van der Waals surface area (Å²) in [6.45, 7) is 3.00. The van der Waals surface area contributed by atoms with Crippen molar-refractivity contribution in [2.75, 3.05) is 23.4 Å². The molecule has 1 aliphatic heterocycles. The molecule has 176 valence electrons.